The van der Waals surface area contributed by atoms with Gasteiger partial charge in [-0.05, 0) is 29.5 Å². The van der Waals surface area contributed by atoms with E-state index in [9.17, 15) is 4.79 Å². The van der Waals surface area contributed by atoms with E-state index in [4.69, 9.17) is 0 Å². The number of hydrogen-bond acceptors (Lipinski definition) is 1. The predicted octanol–water partition coefficient (Wildman–Crippen LogP) is 5.49. The van der Waals surface area contributed by atoms with E-state index >= 15 is 0 Å². The second-order valence-corrected chi connectivity index (χ2v) is 8.37. The summed E-state index contributed by atoms with van der Waals surface area (Å²) in [7, 11) is 0. The molecule has 0 bridgehead atoms. The summed E-state index contributed by atoms with van der Waals surface area (Å²) in [6.07, 6.45) is 6.13. The van der Waals surface area contributed by atoms with Crippen molar-refractivity contribution in [2.45, 2.75) is 66.5 Å². The van der Waals surface area contributed by atoms with Crippen molar-refractivity contribution in [3.05, 3.63) is 59.9 Å². The van der Waals surface area contributed by atoms with E-state index in [-0.39, 0.29) is 11.3 Å². The Morgan fingerprint density at radius 3 is 2.42 bits per heavy atom. The topological polar surface area (TPSA) is 25.2 Å². The number of carbonyl (C=O) groups excluding carboxylic acids is 1. The largest absolute Gasteiger partial charge is 0.345 e. The monoisotopic (exact) mass is 354 g/mol. The van der Waals surface area contributed by atoms with Crippen molar-refractivity contribution < 1.29 is 4.79 Å². The smallest absolute Gasteiger partial charge is 0.223 e. The normalized spacial score (nSPS) is 11.5. The Labute approximate surface area is 159 Å². The molecule has 142 valence electrons. The highest BCUT2D eigenvalue weighted by Gasteiger charge is 2.22. The van der Waals surface area contributed by atoms with Crippen LogP contribution in [0.2, 0.25) is 0 Å². The molecule has 3 heteroatoms. The maximum absolute atomic E-state index is 12.9. The fourth-order valence-corrected chi connectivity index (χ4v) is 3.13. The highest BCUT2D eigenvalue weighted by Crippen LogP contribution is 2.21. The predicted molar refractivity (Wildman–Crippen MR) is 109 cm³/mol. The van der Waals surface area contributed by atoms with Crippen LogP contribution in [0.5, 0.6) is 0 Å². The van der Waals surface area contributed by atoms with Crippen LogP contribution in [0, 0.1) is 5.41 Å². The highest BCUT2D eigenvalue weighted by molar-refractivity contribution is 5.76. The molecule has 0 aliphatic carbocycles. The Bertz CT molecular complexity index is 667. The molecule has 0 saturated heterocycles. The molecule has 0 aliphatic rings. The Balaban J connectivity index is 2.09. The zero-order valence-corrected chi connectivity index (χ0v) is 16.9. The van der Waals surface area contributed by atoms with Gasteiger partial charge in [0.1, 0.15) is 0 Å². The lowest BCUT2D eigenvalue weighted by atomic mass is 9.91. The summed E-state index contributed by atoms with van der Waals surface area (Å²) < 4.78 is 2.26. The Morgan fingerprint density at radius 1 is 1.04 bits per heavy atom. The number of hydrogen-bond donors (Lipinski definition) is 0. The van der Waals surface area contributed by atoms with E-state index in [1.54, 1.807) is 0 Å². The third-order valence-electron chi connectivity index (χ3n) is 4.54. The van der Waals surface area contributed by atoms with Crippen LogP contribution in [0.15, 0.2) is 48.7 Å². The molecule has 0 N–H and O–H groups in total. The number of rotatable bonds is 9. The zero-order chi connectivity index (χ0) is 19.0. The van der Waals surface area contributed by atoms with Gasteiger partial charge in [0.2, 0.25) is 5.91 Å². The lowest BCUT2D eigenvalue weighted by Crippen LogP contribution is -2.34. The molecular formula is C23H34N2O. The third-order valence-corrected chi connectivity index (χ3v) is 4.54. The lowest BCUT2D eigenvalue weighted by Gasteiger charge is -2.27. The first-order valence-corrected chi connectivity index (χ1v) is 9.85. The van der Waals surface area contributed by atoms with Crippen molar-refractivity contribution in [2.75, 3.05) is 6.54 Å². The number of benzene rings is 1. The van der Waals surface area contributed by atoms with Crippen LogP contribution in [0.4, 0.5) is 0 Å². The van der Waals surface area contributed by atoms with Gasteiger partial charge in [0.25, 0.3) is 0 Å². The van der Waals surface area contributed by atoms with Crippen LogP contribution in [0.25, 0.3) is 0 Å². The molecule has 1 aromatic heterocycles. The van der Waals surface area contributed by atoms with Crippen LogP contribution in [0.3, 0.4) is 0 Å². The van der Waals surface area contributed by atoms with Crippen LogP contribution < -0.4 is 0 Å². The summed E-state index contributed by atoms with van der Waals surface area (Å²) in [5.74, 6) is 0.265. The van der Waals surface area contributed by atoms with Crippen molar-refractivity contribution in [1.29, 1.82) is 0 Å². The Morgan fingerprint density at radius 2 is 1.77 bits per heavy atom. The first-order valence-electron chi connectivity index (χ1n) is 9.85. The molecule has 1 amide bonds. The van der Waals surface area contributed by atoms with Gasteiger partial charge in [-0.15, -0.1) is 0 Å². The molecule has 1 aromatic carbocycles. The second-order valence-electron chi connectivity index (χ2n) is 8.37. The fourth-order valence-electron chi connectivity index (χ4n) is 3.13. The second kappa shape index (κ2) is 9.61. The lowest BCUT2D eigenvalue weighted by molar-refractivity contribution is -0.133. The van der Waals surface area contributed by atoms with E-state index in [1.807, 2.05) is 6.07 Å². The third kappa shape index (κ3) is 6.70. The molecule has 2 rings (SSSR count). The van der Waals surface area contributed by atoms with Gasteiger partial charge in [0, 0.05) is 31.4 Å². The summed E-state index contributed by atoms with van der Waals surface area (Å²) >= 11 is 0. The quantitative estimate of drug-likeness (QED) is 0.547. The number of carbonyl (C=O) groups is 1. The van der Waals surface area contributed by atoms with E-state index in [0.717, 1.165) is 19.5 Å². The van der Waals surface area contributed by atoms with Crippen LogP contribution in [-0.4, -0.2) is 21.9 Å². The van der Waals surface area contributed by atoms with E-state index < -0.39 is 0 Å². The number of unbranched alkanes of at least 4 members (excludes halogenated alkanes) is 2. The van der Waals surface area contributed by atoms with Crippen molar-refractivity contribution in [1.82, 2.24) is 9.47 Å². The first kappa shape index (κ1) is 20.3. The average Bonchev–Trinajstić information content (AvgIpc) is 3.00. The molecule has 2 aromatic rings. The molecular weight excluding hydrogens is 320 g/mol. The summed E-state index contributed by atoms with van der Waals surface area (Å²) in [6, 6.07) is 14.7. The summed E-state index contributed by atoms with van der Waals surface area (Å²) in [4.78, 5) is 14.9. The minimum atomic E-state index is 0.0200. The summed E-state index contributed by atoms with van der Waals surface area (Å²) in [5.41, 5.74) is 2.50. The number of aromatic nitrogens is 1. The Hall–Kier alpha value is -2.03. The van der Waals surface area contributed by atoms with Gasteiger partial charge in [-0.3, -0.25) is 4.79 Å². The molecule has 0 spiro atoms. The molecule has 0 saturated carbocycles. The molecule has 0 atom stereocenters. The van der Waals surface area contributed by atoms with Gasteiger partial charge in [0.15, 0.2) is 0 Å². The number of nitrogens with zero attached hydrogens (tertiary/aromatic N) is 2. The maximum Gasteiger partial charge on any atom is 0.223 e. The maximum atomic E-state index is 12.9. The molecule has 0 aliphatic heterocycles. The van der Waals surface area contributed by atoms with E-state index in [2.05, 4.69) is 79.8 Å². The summed E-state index contributed by atoms with van der Waals surface area (Å²) in [6.45, 7) is 11.0. The molecule has 0 unspecified atom stereocenters. The van der Waals surface area contributed by atoms with Crippen LogP contribution >= 0.6 is 0 Å². The summed E-state index contributed by atoms with van der Waals surface area (Å²) in [5, 5.41) is 0. The van der Waals surface area contributed by atoms with Crippen LogP contribution in [0.1, 0.15) is 64.6 Å². The molecule has 0 fully saturated rings. The van der Waals surface area contributed by atoms with Gasteiger partial charge < -0.3 is 9.47 Å². The van der Waals surface area contributed by atoms with Gasteiger partial charge >= 0.3 is 0 Å². The number of amides is 1. The molecule has 26 heavy (non-hydrogen) atoms. The minimum Gasteiger partial charge on any atom is -0.345 e. The fraction of sp³-hybridized carbons (Fsp3) is 0.522. The van der Waals surface area contributed by atoms with Crippen molar-refractivity contribution in [3.63, 3.8) is 0 Å². The van der Waals surface area contributed by atoms with Crippen molar-refractivity contribution in [3.8, 4) is 0 Å². The van der Waals surface area contributed by atoms with E-state index in [1.165, 1.54) is 24.1 Å². The Kier molecular flexibility index (Phi) is 7.50. The van der Waals surface area contributed by atoms with Crippen LogP contribution in [-0.2, 0) is 17.9 Å². The van der Waals surface area contributed by atoms with Gasteiger partial charge in [0.05, 0.1) is 6.54 Å². The first-order chi connectivity index (χ1) is 12.4. The SMILES string of the molecule is CCCCCN(Cc1cccn1Cc1ccccc1)C(=O)CC(C)(C)C. The average molecular weight is 355 g/mol. The van der Waals surface area contributed by atoms with Crippen molar-refractivity contribution >= 4 is 5.91 Å². The zero-order valence-electron chi connectivity index (χ0n) is 16.9. The van der Waals surface area contributed by atoms with Gasteiger partial charge in [-0.2, -0.15) is 0 Å². The molecule has 1 heterocycles. The van der Waals surface area contributed by atoms with Crippen molar-refractivity contribution in [2.24, 2.45) is 5.41 Å². The van der Waals surface area contributed by atoms with Gasteiger partial charge in [-0.1, -0.05) is 70.9 Å². The highest BCUT2D eigenvalue weighted by atomic mass is 16.2. The van der Waals surface area contributed by atoms with E-state index in [0.29, 0.717) is 13.0 Å². The standard InChI is InChI=1S/C23H34N2O/c1-5-6-10-15-25(22(26)17-23(2,3)4)19-21-14-11-16-24(21)18-20-12-8-7-9-13-20/h7-9,11-14,16H,5-6,10,15,17-19H2,1-4H3. The minimum absolute atomic E-state index is 0.0200. The van der Waals surface area contributed by atoms with Gasteiger partial charge in [-0.25, -0.2) is 0 Å². The molecule has 0 radical (unpaired) electrons. The molecule has 3 nitrogen and oxygen atoms in total.